The van der Waals surface area contributed by atoms with E-state index in [1.807, 2.05) is 17.8 Å². The molecule has 0 heterocycles. The van der Waals surface area contributed by atoms with Gasteiger partial charge in [0.25, 0.3) is 0 Å². The highest BCUT2D eigenvalue weighted by molar-refractivity contribution is 8.00. The number of phenols is 1. The van der Waals surface area contributed by atoms with Crippen molar-refractivity contribution in [1.82, 2.24) is 9.80 Å². The van der Waals surface area contributed by atoms with Gasteiger partial charge < -0.3 is 5.11 Å². The van der Waals surface area contributed by atoms with Gasteiger partial charge in [-0.3, -0.25) is 9.80 Å². The van der Waals surface area contributed by atoms with Gasteiger partial charge in [-0.15, -0.1) is 23.5 Å². The lowest BCUT2D eigenvalue weighted by Gasteiger charge is -2.29. The topological polar surface area (TPSA) is 26.7 Å². The van der Waals surface area contributed by atoms with Crippen molar-refractivity contribution in [2.45, 2.75) is 87.8 Å². The first-order valence-electron chi connectivity index (χ1n) is 10.6. The fourth-order valence-electron chi connectivity index (χ4n) is 3.29. The summed E-state index contributed by atoms with van der Waals surface area (Å²) in [5.41, 5.74) is 0. The molecule has 2 atom stereocenters. The first kappa shape index (κ1) is 24.7. The summed E-state index contributed by atoms with van der Waals surface area (Å²) in [6.07, 6.45) is 4.69. The number of benzene rings is 1. The SMILES string of the molecule is CCCN(CCC)C(C)Sc1ccc(O)c(SC(C)N(CCC)CCC)c1. The fourth-order valence-corrected chi connectivity index (χ4v) is 5.56. The van der Waals surface area contributed by atoms with Crippen LogP contribution in [0.3, 0.4) is 0 Å². The van der Waals surface area contributed by atoms with Gasteiger partial charge >= 0.3 is 0 Å². The molecule has 0 saturated heterocycles. The Balaban J connectivity index is 2.83. The highest BCUT2D eigenvalue weighted by atomic mass is 32.2. The predicted octanol–water partition coefficient (Wildman–Crippen LogP) is 6.51. The van der Waals surface area contributed by atoms with Gasteiger partial charge in [0, 0.05) is 4.90 Å². The lowest BCUT2D eigenvalue weighted by molar-refractivity contribution is 0.267. The summed E-state index contributed by atoms with van der Waals surface area (Å²) in [6, 6.07) is 6.08. The van der Waals surface area contributed by atoms with E-state index in [-0.39, 0.29) is 0 Å². The lowest BCUT2D eigenvalue weighted by Crippen LogP contribution is -2.32. The minimum absolute atomic E-state index is 0.366. The Kier molecular flexibility index (Phi) is 12.6. The fraction of sp³-hybridized carbons (Fsp3) is 0.727. The van der Waals surface area contributed by atoms with E-state index in [0.717, 1.165) is 43.9 Å². The lowest BCUT2D eigenvalue weighted by atomic mass is 10.3. The molecule has 1 N–H and O–H groups in total. The third-order valence-corrected chi connectivity index (χ3v) is 6.99. The molecule has 0 aliphatic rings. The van der Waals surface area contributed by atoms with E-state index >= 15 is 0 Å². The number of hydrogen-bond acceptors (Lipinski definition) is 5. The molecule has 2 unspecified atom stereocenters. The van der Waals surface area contributed by atoms with Crippen LogP contribution in [-0.2, 0) is 0 Å². The Morgan fingerprint density at radius 3 is 1.67 bits per heavy atom. The van der Waals surface area contributed by atoms with Crippen LogP contribution in [-0.4, -0.2) is 51.8 Å². The molecule has 0 fully saturated rings. The van der Waals surface area contributed by atoms with E-state index in [1.54, 1.807) is 11.8 Å². The number of rotatable bonds is 14. The molecule has 1 aromatic rings. The zero-order chi connectivity index (χ0) is 20.2. The van der Waals surface area contributed by atoms with E-state index in [9.17, 15) is 5.11 Å². The van der Waals surface area contributed by atoms with Crippen molar-refractivity contribution < 1.29 is 5.11 Å². The predicted molar refractivity (Wildman–Crippen MR) is 123 cm³/mol. The first-order chi connectivity index (χ1) is 13.0. The Hall–Kier alpha value is -0.360. The molecule has 5 heteroatoms. The van der Waals surface area contributed by atoms with Crippen LogP contribution in [0.4, 0.5) is 0 Å². The van der Waals surface area contributed by atoms with Crippen LogP contribution in [0.15, 0.2) is 28.0 Å². The normalized spacial score (nSPS) is 14.1. The second kappa shape index (κ2) is 13.8. The summed E-state index contributed by atoms with van der Waals surface area (Å²) in [5.74, 6) is 0.399. The van der Waals surface area contributed by atoms with Crippen molar-refractivity contribution >= 4 is 23.5 Å². The maximum atomic E-state index is 10.4. The molecule has 0 radical (unpaired) electrons. The molecule has 1 rings (SSSR count). The van der Waals surface area contributed by atoms with Crippen molar-refractivity contribution in [3.63, 3.8) is 0 Å². The smallest absolute Gasteiger partial charge is 0.129 e. The number of nitrogens with zero attached hydrogens (tertiary/aromatic N) is 2. The summed E-state index contributed by atoms with van der Waals surface area (Å²) in [5, 5.41) is 11.2. The van der Waals surface area contributed by atoms with Crippen LogP contribution in [0.1, 0.15) is 67.2 Å². The number of aromatic hydroxyl groups is 1. The third-order valence-electron chi connectivity index (χ3n) is 4.61. The van der Waals surface area contributed by atoms with Crippen LogP contribution >= 0.6 is 23.5 Å². The zero-order valence-corrected chi connectivity index (χ0v) is 19.8. The van der Waals surface area contributed by atoms with E-state index in [4.69, 9.17) is 0 Å². The van der Waals surface area contributed by atoms with Gasteiger partial charge in [-0.2, -0.15) is 0 Å². The van der Waals surface area contributed by atoms with E-state index in [1.165, 1.54) is 17.7 Å². The van der Waals surface area contributed by atoms with Crippen LogP contribution in [0.2, 0.25) is 0 Å². The van der Waals surface area contributed by atoms with E-state index in [2.05, 4.69) is 63.5 Å². The van der Waals surface area contributed by atoms with Crippen molar-refractivity contribution in [3.8, 4) is 5.75 Å². The Bertz CT molecular complexity index is 515. The number of phenolic OH excluding ortho intramolecular Hbond substituents is 1. The quantitative estimate of drug-likeness (QED) is 0.277. The molecule has 0 aliphatic carbocycles. The standard InChI is InChI=1S/C22H40N2OS2/c1-7-13-23(14-8-2)18(5)26-20-11-12-21(25)22(17-20)27-19(6)24(15-9-3)16-10-4/h11-12,17-19,25H,7-10,13-16H2,1-6H3. The van der Waals surface area contributed by atoms with Crippen molar-refractivity contribution in [2.24, 2.45) is 0 Å². The molecule has 156 valence electrons. The van der Waals surface area contributed by atoms with Crippen LogP contribution in [0, 0.1) is 0 Å². The average molecular weight is 413 g/mol. The van der Waals surface area contributed by atoms with Crippen LogP contribution in [0.25, 0.3) is 0 Å². The molecule has 0 saturated carbocycles. The first-order valence-corrected chi connectivity index (χ1v) is 12.4. The zero-order valence-electron chi connectivity index (χ0n) is 18.2. The summed E-state index contributed by atoms with van der Waals surface area (Å²) in [7, 11) is 0. The van der Waals surface area contributed by atoms with Crippen LogP contribution < -0.4 is 0 Å². The second-order valence-electron chi connectivity index (χ2n) is 7.14. The van der Waals surface area contributed by atoms with Gasteiger partial charge in [-0.25, -0.2) is 0 Å². The molecule has 0 spiro atoms. The van der Waals surface area contributed by atoms with E-state index in [0.29, 0.717) is 16.5 Å². The molecule has 0 bridgehead atoms. The Morgan fingerprint density at radius 1 is 0.778 bits per heavy atom. The minimum Gasteiger partial charge on any atom is -0.507 e. The Morgan fingerprint density at radius 2 is 1.22 bits per heavy atom. The van der Waals surface area contributed by atoms with Gasteiger partial charge in [0.05, 0.1) is 15.6 Å². The van der Waals surface area contributed by atoms with E-state index < -0.39 is 0 Å². The minimum atomic E-state index is 0.366. The summed E-state index contributed by atoms with van der Waals surface area (Å²) < 4.78 is 0. The molecule has 27 heavy (non-hydrogen) atoms. The van der Waals surface area contributed by atoms with Crippen LogP contribution in [0.5, 0.6) is 5.75 Å². The highest BCUT2D eigenvalue weighted by Crippen LogP contribution is 2.37. The van der Waals surface area contributed by atoms with Crippen molar-refractivity contribution in [2.75, 3.05) is 26.2 Å². The summed E-state index contributed by atoms with van der Waals surface area (Å²) >= 11 is 3.68. The van der Waals surface area contributed by atoms with Gasteiger partial charge in [-0.1, -0.05) is 27.7 Å². The molecule has 0 aliphatic heterocycles. The molecule has 0 amide bonds. The molecule has 3 nitrogen and oxygen atoms in total. The van der Waals surface area contributed by atoms with Gasteiger partial charge in [-0.05, 0) is 83.9 Å². The summed E-state index contributed by atoms with van der Waals surface area (Å²) in [4.78, 5) is 7.30. The van der Waals surface area contributed by atoms with Crippen molar-refractivity contribution in [3.05, 3.63) is 18.2 Å². The molecular weight excluding hydrogens is 372 g/mol. The largest absolute Gasteiger partial charge is 0.507 e. The Labute approximate surface area is 176 Å². The third kappa shape index (κ3) is 8.68. The van der Waals surface area contributed by atoms with Gasteiger partial charge in [0.15, 0.2) is 0 Å². The van der Waals surface area contributed by atoms with Gasteiger partial charge in [0.1, 0.15) is 5.75 Å². The summed E-state index contributed by atoms with van der Waals surface area (Å²) in [6.45, 7) is 18.0. The average Bonchev–Trinajstić information content (AvgIpc) is 2.64. The second-order valence-corrected chi connectivity index (χ2v) is 9.88. The maximum Gasteiger partial charge on any atom is 0.129 e. The molecular formula is C22H40N2OS2. The highest BCUT2D eigenvalue weighted by Gasteiger charge is 2.18. The van der Waals surface area contributed by atoms with Gasteiger partial charge in [0.2, 0.25) is 0 Å². The number of thioether (sulfide) groups is 2. The monoisotopic (exact) mass is 412 g/mol. The maximum absolute atomic E-state index is 10.4. The molecule has 0 aromatic heterocycles. The van der Waals surface area contributed by atoms with Crippen molar-refractivity contribution in [1.29, 1.82) is 0 Å². The molecule has 1 aromatic carbocycles. The number of hydrogen-bond donors (Lipinski definition) is 1.